The highest BCUT2D eigenvalue weighted by Crippen LogP contribution is 2.06. The predicted octanol–water partition coefficient (Wildman–Crippen LogP) is 1.93. The van der Waals surface area contributed by atoms with Crippen LogP contribution in [0.1, 0.15) is 17.0 Å². The summed E-state index contributed by atoms with van der Waals surface area (Å²) in [6.45, 7) is 3.34. The molecule has 7 heteroatoms. The number of nitrogens with zero attached hydrogens (tertiary/aromatic N) is 2. The maximum absolute atomic E-state index is 11.6. The number of aryl methyl sites for hydroxylation is 2. The van der Waals surface area contributed by atoms with Gasteiger partial charge >= 0.3 is 18.1 Å². The second kappa shape index (κ2) is 7.88. The summed E-state index contributed by atoms with van der Waals surface area (Å²) in [6, 6.07) is 10.9. The summed E-state index contributed by atoms with van der Waals surface area (Å²) in [5.41, 5.74) is 2.24. The molecular formula is C16H17N3O4. The highest BCUT2D eigenvalue weighted by molar-refractivity contribution is 5.79. The number of amides is 1. The molecule has 0 saturated heterocycles. The molecule has 1 amide bonds. The number of carbonyl (C=O) groups is 2. The second-order valence-electron chi connectivity index (χ2n) is 4.82. The minimum atomic E-state index is -0.702. The Labute approximate surface area is 133 Å². The molecule has 0 aliphatic heterocycles. The molecule has 0 aliphatic rings. The highest BCUT2D eigenvalue weighted by Gasteiger charge is 2.11. The number of benzene rings is 1. The summed E-state index contributed by atoms with van der Waals surface area (Å²) in [6.07, 6.45) is -0.702. The third kappa shape index (κ3) is 5.74. The number of ether oxygens (including phenoxy) is 2. The van der Waals surface area contributed by atoms with Crippen LogP contribution in [0, 0.1) is 13.8 Å². The predicted molar refractivity (Wildman–Crippen MR) is 81.8 cm³/mol. The number of alkyl carbamates (subject to hydrolysis) is 1. The molecule has 0 bridgehead atoms. The maximum Gasteiger partial charge on any atom is 0.407 e. The Hall–Kier alpha value is -2.96. The molecule has 1 N–H and O–H groups in total. The van der Waals surface area contributed by atoms with E-state index in [0.717, 1.165) is 5.56 Å². The number of esters is 1. The summed E-state index contributed by atoms with van der Waals surface area (Å²) < 4.78 is 9.94. The van der Waals surface area contributed by atoms with Gasteiger partial charge in [0.05, 0.1) is 0 Å². The fraction of sp³-hybridized carbons (Fsp3) is 0.250. The lowest BCUT2D eigenvalue weighted by Gasteiger charge is -2.07. The molecule has 1 heterocycles. The fourth-order valence-electron chi connectivity index (χ4n) is 1.80. The molecule has 1 aromatic heterocycles. The summed E-state index contributed by atoms with van der Waals surface area (Å²) in [4.78, 5) is 31.1. The largest absolute Gasteiger partial charge is 0.445 e. The van der Waals surface area contributed by atoms with Crippen molar-refractivity contribution in [2.75, 3.05) is 6.54 Å². The summed E-state index contributed by atoms with van der Waals surface area (Å²) >= 11 is 0. The Balaban J connectivity index is 1.74. The summed E-state index contributed by atoms with van der Waals surface area (Å²) in [7, 11) is 0. The lowest BCUT2D eigenvalue weighted by Crippen LogP contribution is -2.32. The topological polar surface area (TPSA) is 90.4 Å². The van der Waals surface area contributed by atoms with Crippen LogP contribution in [0.25, 0.3) is 0 Å². The molecule has 0 spiro atoms. The van der Waals surface area contributed by atoms with E-state index in [2.05, 4.69) is 15.3 Å². The van der Waals surface area contributed by atoms with Gasteiger partial charge in [-0.2, -0.15) is 0 Å². The minimum Gasteiger partial charge on any atom is -0.445 e. The van der Waals surface area contributed by atoms with Crippen LogP contribution in [-0.2, 0) is 16.1 Å². The van der Waals surface area contributed by atoms with Crippen molar-refractivity contribution < 1.29 is 19.1 Å². The number of hydrogen-bond acceptors (Lipinski definition) is 6. The number of aromatic nitrogens is 2. The molecule has 0 unspecified atom stereocenters. The first-order chi connectivity index (χ1) is 11.0. The number of hydrogen-bond donors (Lipinski definition) is 1. The first-order valence-electron chi connectivity index (χ1n) is 7.00. The quantitative estimate of drug-likeness (QED) is 0.848. The zero-order valence-corrected chi connectivity index (χ0v) is 12.9. The van der Waals surface area contributed by atoms with Crippen molar-refractivity contribution >= 4 is 12.1 Å². The third-order valence-electron chi connectivity index (χ3n) is 2.76. The van der Waals surface area contributed by atoms with Gasteiger partial charge in [-0.25, -0.2) is 19.6 Å². The van der Waals surface area contributed by atoms with Gasteiger partial charge in [0.2, 0.25) is 0 Å². The van der Waals surface area contributed by atoms with Gasteiger partial charge in [-0.3, -0.25) is 0 Å². The van der Waals surface area contributed by atoms with Crippen molar-refractivity contribution in [1.29, 1.82) is 0 Å². The lowest BCUT2D eigenvalue weighted by atomic mass is 10.2. The monoisotopic (exact) mass is 315 g/mol. The molecule has 2 aromatic rings. The van der Waals surface area contributed by atoms with Crippen molar-refractivity contribution in [1.82, 2.24) is 15.3 Å². The Kier molecular flexibility index (Phi) is 5.62. The maximum atomic E-state index is 11.6. The smallest absolute Gasteiger partial charge is 0.407 e. The Morgan fingerprint density at radius 3 is 2.39 bits per heavy atom. The van der Waals surface area contributed by atoms with E-state index in [1.807, 2.05) is 30.3 Å². The van der Waals surface area contributed by atoms with Crippen LogP contribution in [0.15, 0.2) is 36.4 Å². The van der Waals surface area contributed by atoms with Gasteiger partial charge in [-0.15, -0.1) is 0 Å². The van der Waals surface area contributed by atoms with Crippen LogP contribution >= 0.6 is 0 Å². The molecule has 0 saturated carbocycles. The van der Waals surface area contributed by atoms with E-state index in [0.29, 0.717) is 11.4 Å². The number of nitrogens with one attached hydrogen (secondary N) is 1. The molecular weight excluding hydrogens is 298 g/mol. The van der Waals surface area contributed by atoms with Crippen LogP contribution in [-0.4, -0.2) is 28.6 Å². The SMILES string of the molecule is Cc1cc(C)nc(OC(=O)CNC(=O)OCc2ccccc2)n1. The van der Waals surface area contributed by atoms with Gasteiger partial charge in [-0.05, 0) is 25.5 Å². The Bertz CT molecular complexity index is 669. The fourth-order valence-corrected chi connectivity index (χ4v) is 1.80. The van der Waals surface area contributed by atoms with E-state index in [1.54, 1.807) is 19.9 Å². The van der Waals surface area contributed by atoms with Gasteiger partial charge in [0.1, 0.15) is 13.2 Å². The lowest BCUT2D eigenvalue weighted by molar-refractivity contribution is -0.133. The van der Waals surface area contributed by atoms with Crippen molar-refractivity contribution in [3.05, 3.63) is 53.3 Å². The van der Waals surface area contributed by atoms with Gasteiger partial charge in [0, 0.05) is 11.4 Å². The van der Waals surface area contributed by atoms with Crippen molar-refractivity contribution in [3.63, 3.8) is 0 Å². The van der Waals surface area contributed by atoms with Crippen molar-refractivity contribution in [2.24, 2.45) is 0 Å². The summed E-state index contributed by atoms with van der Waals surface area (Å²) in [5.74, 6) is -0.674. The minimum absolute atomic E-state index is 0.0352. The zero-order chi connectivity index (χ0) is 16.7. The Morgan fingerprint density at radius 2 is 1.74 bits per heavy atom. The van der Waals surface area contributed by atoms with Crippen LogP contribution in [0.4, 0.5) is 4.79 Å². The molecule has 0 fully saturated rings. The first kappa shape index (κ1) is 16.4. The standard InChI is InChI=1S/C16H17N3O4/c1-11-8-12(2)19-15(18-11)23-14(20)9-17-16(21)22-10-13-6-4-3-5-7-13/h3-8H,9-10H2,1-2H3,(H,17,21). The first-order valence-corrected chi connectivity index (χ1v) is 7.00. The number of rotatable bonds is 5. The van der Waals surface area contributed by atoms with Crippen LogP contribution in [0.5, 0.6) is 6.01 Å². The second-order valence-corrected chi connectivity index (χ2v) is 4.82. The third-order valence-corrected chi connectivity index (χ3v) is 2.76. The highest BCUT2D eigenvalue weighted by atomic mass is 16.6. The van der Waals surface area contributed by atoms with Crippen LogP contribution in [0.3, 0.4) is 0 Å². The van der Waals surface area contributed by atoms with Gasteiger partial charge in [-0.1, -0.05) is 30.3 Å². The Morgan fingerprint density at radius 1 is 1.09 bits per heavy atom. The van der Waals surface area contributed by atoms with E-state index in [1.165, 1.54) is 0 Å². The van der Waals surface area contributed by atoms with Gasteiger partial charge < -0.3 is 14.8 Å². The van der Waals surface area contributed by atoms with Crippen LogP contribution in [0.2, 0.25) is 0 Å². The molecule has 23 heavy (non-hydrogen) atoms. The van der Waals surface area contributed by atoms with E-state index < -0.39 is 12.1 Å². The van der Waals surface area contributed by atoms with Crippen molar-refractivity contribution in [3.8, 4) is 6.01 Å². The molecule has 120 valence electrons. The molecule has 1 aromatic carbocycles. The van der Waals surface area contributed by atoms with Crippen LogP contribution < -0.4 is 10.1 Å². The normalized spacial score (nSPS) is 10.0. The zero-order valence-electron chi connectivity index (χ0n) is 12.9. The molecule has 0 atom stereocenters. The molecule has 7 nitrogen and oxygen atoms in total. The summed E-state index contributed by atoms with van der Waals surface area (Å²) in [5, 5.41) is 2.31. The van der Waals surface area contributed by atoms with E-state index in [-0.39, 0.29) is 19.2 Å². The number of carbonyl (C=O) groups excluding carboxylic acids is 2. The van der Waals surface area contributed by atoms with Crippen molar-refractivity contribution in [2.45, 2.75) is 20.5 Å². The molecule has 0 radical (unpaired) electrons. The van der Waals surface area contributed by atoms with Gasteiger partial charge in [0.25, 0.3) is 0 Å². The van der Waals surface area contributed by atoms with E-state index in [4.69, 9.17) is 9.47 Å². The van der Waals surface area contributed by atoms with E-state index in [9.17, 15) is 9.59 Å². The molecule has 2 rings (SSSR count). The molecule has 0 aliphatic carbocycles. The van der Waals surface area contributed by atoms with Gasteiger partial charge in [0.15, 0.2) is 0 Å². The average molecular weight is 315 g/mol. The average Bonchev–Trinajstić information content (AvgIpc) is 2.51. The van der Waals surface area contributed by atoms with E-state index >= 15 is 0 Å².